The molecule has 1 saturated carbocycles. The van der Waals surface area contributed by atoms with Gasteiger partial charge in [0, 0.05) is 6.04 Å². The van der Waals surface area contributed by atoms with Crippen LogP contribution in [0, 0.1) is 5.92 Å². The van der Waals surface area contributed by atoms with Gasteiger partial charge in [0.25, 0.3) is 11.8 Å². The van der Waals surface area contributed by atoms with Crippen LogP contribution in [0.4, 0.5) is 4.79 Å². The summed E-state index contributed by atoms with van der Waals surface area (Å²) in [5, 5.41) is 5.34. The van der Waals surface area contributed by atoms with Crippen LogP contribution in [-0.2, 0) is 19.1 Å². The van der Waals surface area contributed by atoms with E-state index in [1.54, 1.807) is 13.8 Å². The van der Waals surface area contributed by atoms with Gasteiger partial charge in [0.1, 0.15) is 12.1 Å². The van der Waals surface area contributed by atoms with E-state index in [4.69, 9.17) is 4.74 Å². The molecule has 8 heteroatoms. The maximum absolute atomic E-state index is 12.0. The normalized spacial score (nSPS) is 26.0. The summed E-state index contributed by atoms with van der Waals surface area (Å²) in [7, 11) is 0. The molecule has 2 unspecified atom stereocenters. The molecule has 1 heterocycles. The van der Waals surface area contributed by atoms with Crippen LogP contribution in [-0.4, -0.2) is 53.4 Å². The number of imide groups is 1. The Balaban J connectivity index is 1.76. The van der Waals surface area contributed by atoms with Gasteiger partial charge in [-0.3, -0.25) is 19.3 Å². The van der Waals surface area contributed by atoms with Crippen LogP contribution < -0.4 is 10.6 Å². The Bertz CT molecular complexity index is 546. The highest BCUT2D eigenvalue weighted by molar-refractivity contribution is 6.08. The maximum Gasteiger partial charge on any atom is 0.326 e. The first kappa shape index (κ1) is 18.2. The van der Waals surface area contributed by atoms with E-state index in [1.807, 2.05) is 0 Å². The minimum atomic E-state index is -1.04. The van der Waals surface area contributed by atoms with Crippen molar-refractivity contribution in [3.63, 3.8) is 0 Å². The number of rotatable bonds is 5. The topological polar surface area (TPSA) is 105 Å². The standard InChI is InChI=1S/C16H25N3O5/c1-10-6-4-5-7-11(10)17-12(20)9-24-13(21)8-19-14(22)16(2,3)18-15(19)23/h10-11H,4-9H2,1-3H3,(H,17,20)(H,18,23). The zero-order valence-electron chi connectivity index (χ0n) is 14.4. The van der Waals surface area contributed by atoms with E-state index in [1.165, 1.54) is 6.42 Å². The van der Waals surface area contributed by atoms with Crippen molar-refractivity contribution in [2.24, 2.45) is 5.92 Å². The van der Waals surface area contributed by atoms with E-state index < -0.39 is 36.6 Å². The van der Waals surface area contributed by atoms with Crippen molar-refractivity contribution < 1.29 is 23.9 Å². The van der Waals surface area contributed by atoms with Gasteiger partial charge in [-0.05, 0) is 32.6 Å². The molecule has 0 spiro atoms. The first-order valence-electron chi connectivity index (χ1n) is 8.30. The number of carbonyl (C=O) groups excluding carboxylic acids is 4. The Morgan fingerprint density at radius 3 is 2.54 bits per heavy atom. The van der Waals surface area contributed by atoms with Gasteiger partial charge in [0.05, 0.1) is 0 Å². The maximum atomic E-state index is 12.0. The van der Waals surface area contributed by atoms with Gasteiger partial charge < -0.3 is 15.4 Å². The van der Waals surface area contributed by atoms with Crippen molar-refractivity contribution in [3.8, 4) is 0 Å². The molecule has 0 aromatic rings. The van der Waals surface area contributed by atoms with Crippen molar-refractivity contribution in [2.75, 3.05) is 13.2 Å². The quantitative estimate of drug-likeness (QED) is 0.562. The smallest absolute Gasteiger partial charge is 0.326 e. The Labute approximate surface area is 141 Å². The first-order valence-corrected chi connectivity index (χ1v) is 8.30. The fourth-order valence-corrected chi connectivity index (χ4v) is 3.06. The number of nitrogens with one attached hydrogen (secondary N) is 2. The van der Waals surface area contributed by atoms with E-state index >= 15 is 0 Å². The van der Waals surface area contributed by atoms with Crippen LogP contribution in [0.25, 0.3) is 0 Å². The average Bonchev–Trinajstić information content (AvgIpc) is 2.69. The van der Waals surface area contributed by atoms with E-state index in [0.29, 0.717) is 5.92 Å². The Morgan fingerprint density at radius 2 is 1.96 bits per heavy atom. The Morgan fingerprint density at radius 1 is 1.29 bits per heavy atom. The molecule has 2 N–H and O–H groups in total. The summed E-state index contributed by atoms with van der Waals surface area (Å²) < 4.78 is 4.88. The summed E-state index contributed by atoms with van der Waals surface area (Å²) in [5.74, 6) is -1.24. The lowest BCUT2D eigenvalue weighted by molar-refractivity contribution is -0.151. The molecule has 2 atom stereocenters. The third kappa shape index (κ3) is 4.24. The first-order chi connectivity index (χ1) is 11.2. The summed E-state index contributed by atoms with van der Waals surface area (Å²) in [6, 6.07) is -0.529. The van der Waals surface area contributed by atoms with E-state index in [-0.39, 0.29) is 11.9 Å². The number of hydrogen-bond donors (Lipinski definition) is 2. The highest BCUT2D eigenvalue weighted by atomic mass is 16.5. The van der Waals surface area contributed by atoms with Crippen molar-refractivity contribution in [1.82, 2.24) is 15.5 Å². The lowest BCUT2D eigenvalue weighted by Gasteiger charge is -2.29. The molecule has 24 heavy (non-hydrogen) atoms. The lowest BCUT2D eigenvalue weighted by Crippen LogP contribution is -2.44. The second kappa shape index (κ2) is 7.19. The number of carbonyl (C=O) groups is 4. The molecule has 1 aliphatic heterocycles. The molecule has 2 aliphatic rings. The number of amides is 4. The Kier molecular flexibility index (Phi) is 5.46. The van der Waals surface area contributed by atoms with Crippen LogP contribution in [0.2, 0.25) is 0 Å². The second-order valence-electron chi connectivity index (χ2n) is 7.04. The van der Waals surface area contributed by atoms with Gasteiger partial charge in [-0.2, -0.15) is 0 Å². The third-order valence-electron chi connectivity index (χ3n) is 4.55. The zero-order valence-corrected chi connectivity index (χ0v) is 14.4. The van der Waals surface area contributed by atoms with Crippen LogP contribution in [0.3, 0.4) is 0 Å². The van der Waals surface area contributed by atoms with Gasteiger partial charge in [0.2, 0.25) is 0 Å². The van der Waals surface area contributed by atoms with E-state index in [9.17, 15) is 19.2 Å². The molecule has 1 saturated heterocycles. The van der Waals surface area contributed by atoms with Crippen molar-refractivity contribution in [3.05, 3.63) is 0 Å². The van der Waals surface area contributed by atoms with Crippen LogP contribution in [0.5, 0.6) is 0 Å². The van der Waals surface area contributed by atoms with Crippen molar-refractivity contribution >= 4 is 23.8 Å². The van der Waals surface area contributed by atoms with Crippen LogP contribution in [0.1, 0.15) is 46.5 Å². The summed E-state index contributed by atoms with van der Waals surface area (Å²) in [6.07, 6.45) is 4.26. The largest absolute Gasteiger partial charge is 0.454 e. The average molecular weight is 339 g/mol. The number of urea groups is 1. The molecular formula is C16H25N3O5. The lowest BCUT2D eigenvalue weighted by atomic mass is 9.86. The number of hydrogen-bond acceptors (Lipinski definition) is 5. The Hall–Kier alpha value is -2.12. The second-order valence-corrected chi connectivity index (χ2v) is 7.04. The summed E-state index contributed by atoms with van der Waals surface area (Å²) in [6.45, 7) is 4.29. The van der Waals surface area contributed by atoms with Crippen molar-refractivity contribution in [1.29, 1.82) is 0 Å². The molecule has 0 aromatic carbocycles. The molecule has 0 radical (unpaired) electrons. The fourth-order valence-electron chi connectivity index (χ4n) is 3.06. The predicted octanol–water partition coefficient (Wildman–Crippen LogP) is 0.555. The molecule has 0 aromatic heterocycles. The minimum Gasteiger partial charge on any atom is -0.454 e. The monoisotopic (exact) mass is 339 g/mol. The van der Waals surface area contributed by atoms with Gasteiger partial charge in [-0.1, -0.05) is 19.8 Å². The SMILES string of the molecule is CC1CCCCC1NC(=O)COC(=O)CN1C(=O)NC(C)(C)C1=O. The molecule has 2 rings (SSSR count). The van der Waals surface area contributed by atoms with Gasteiger partial charge >= 0.3 is 12.0 Å². The van der Waals surface area contributed by atoms with E-state index in [0.717, 1.165) is 24.2 Å². The predicted molar refractivity (Wildman–Crippen MR) is 84.8 cm³/mol. The third-order valence-corrected chi connectivity index (χ3v) is 4.55. The number of nitrogens with zero attached hydrogens (tertiary/aromatic N) is 1. The minimum absolute atomic E-state index is 0.108. The molecule has 1 aliphatic carbocycles. The fraction of sp³-hybridized carbons (Fsp3) is 0.750. The highest BCUT2D eigenvalue weighted by Gasteiger charge is 2.45. The van der Waals surface area contributed by atoms with Gasteiger partial charge in [-0.25, -0.2) is 4.79 Å². The number of esters is 1. The molecule has 2 fully saturated rings. The summed E-state index contributed by atoms with van der Waals surface area (Å²) in [5.41, 5.74) is -1.04. The molecule has 0 bridgehead atoms. The van der Waals surface area contributed by atoms with Gasteiger partial charge in [0.15, 0.2) is 6.61 Å². The molecule has 134 valence electrons. The summed E-state index contributed by atoms with van der Waals surface area (Å²) in [4.78, 5) is 48.1. The highest BCUT2D eigenvalue weighted by Crippen LogP contribution is 2.23. The van der Waals surface area contributed by atoms with E-state index in [2.05, 4.69) is 17.6 Å². The molecule has 4 amide bonds. The van der Waals surface area contributed by atoms with Gasteiger partial charge in [-0.15, -0.1) is 0 Å². The molecule has 8 nitrogen and oxygen atoms in total. The van der Waals surface area contributed by atoms with Crippen LogP contribution in [0.15, 0.2) is 0 Å². The zero-order chi connectivity index (χ0) is 17.9. The van der Waals surface area contributed by atoms with Crippen molar-refractivity contribution in [2.45, 2.75) is 58.0 Å². The number of ether oxygens (including phenoxy) is 1. The molecular weight excluding hydrogens is 314 g/mol. The summed E-state index contributed by atoms with van der Waals surface area (Å²) >= 11 is 0. The van der Waals surface area contributed by atoms with Crippen LogP contribution >= 0.6 is 0 Å².